The van der Waals surface area contributed by atoms with E-state index in [-0.39, 0.29) is 5.66 Å². The third kappa shape index (κ3) is 2.29. The van der Waals surface area contributed by atoms with Gasteiger partial charge in [-0.2, -0.15) is 0 Å². The molecule has 2 atom stereocenters. The molecule has 2 unspecified atom stereocenters. The van der Waals surface area contributed by atoms with Gasteiger partial charge in [-0.3, -0.25) is 4.57 Å². The molecule has 3 heteroatoms. The van der Waals surface area contributed by atoms with Gasteiger partial charge in [-0.05, 0) is 6.42 Å². The van der Waals surface area contributed by atoms with Gasteiger partial charge >= 0.3 is 0 Å². The van der Waals surface area contributed by atoms with E-state index >= 15 is 0 Å². The SMILES string of the molecule is C=CC(CC)[PH](=O)O. The maximum absolute atomic E-state index is 10.3. The maximum atomic E-state index is 10.3. The van der Waals surface area contributed by atoms with Crippen LogP contribution < -0.4 is 0 Å². The molecule has 0 aliphatic heterocycles. The van der Waals surface area contributed by atoms with Crippen LogP contribution in [-0.2, 0) is 4.57 Å². The predicted octanol–water partition coefficient (Wildman–Crippen LogP) is 1.42. The van der Waals surface area contributed by atoms with E-state index in [1.165, 1.54) is 6.08 Å². The van der Waals surface area contributed by atoms with E-state index in [1.807, 2.05) is 6.92 Å². The second kappa shape index (κ2) is 3.88. The van der Waals surface area contributed by atoms with Crippen LogP contribution in [0.15, 0.2) is 12.7 Å². The monoisotopic (exact) mass is 134 g/mol. The minimum absolute atomic E-state index is 0.181. The first-order chi connectivity index (χ1) is 3.72. The average molecular weight is 134 g/mol. The van der Waals surface area contributed by atoms with Crippen molar-refractivity contribution in [2.24, 2.45) is 0 Å². The lowest BCUT2D eigenvalue weighted by molar-refractivity contribution is 0.494. The van der Waals surface area contributed by atoms with Crippen LogP contribution >= 0.6 is 8.03 Å². The van der Waals surface area contributed by atoms with Gasteiger partial charge in [-0.1, -0.05) is 13.0 Å². The molecule has 0 heterocycles. The van der Waals surface area contributed by atoms with Crippen LogP contribution in [0.3, 0.4) is 0 Å². The number of rotatable bonds is 3. The van der Waals surface area contributed by atoms with Crippen molar-refractivity contribution >= 4 is 8.03 Å². The van der Waals surface area contributed by atoms with Gasteiger partial charge in [0.05, 0.1) is 5.66 Å². The fourth-order valence-corrected chi connectivity index (χ4v) is 0.993. The molecule has 0 amide bonds. The molecule has 8 heavy (non-hydrogen) atoms. The van der Waals surface area contributed by atoms with Crippen LogP contribution in [0.4, 0.5) is 0 Å². The van der Waals surface area contributed by atoms with E-state index in [0.29, 0.717) is 6.42 Å². The maximum Gasteiger partial charge on any atom is 0.195 e. The van der Waals surface area contributed by atoms with Gasteiger partial charge in [0, 0.05) is 0 Å². The highest BCUT2D eigenvalue weighted by Gasteiger charge is 2.04. The highest BCUT2D eigenvalue weighted by atomic mass is 31.1. The topological polar surface area (TPSA) is 37.3 Å². The molecular weight excluding hydrogens is 123 g/mol. The summed E-state index contributed by atoms with van der Waals surface area (Å²) in [4.78, 5) is 8.49. The van der Waals surface area contributed by atoms with Gasteiger partial charge in [-0.15, -0.1) is 6.58 Å². The van der Waals surface area contributed by atoms with Crippen LogP contribution in [-0.4, -0.2) is 10.6 Å². The Kier molecular flexibility index (Phi) is 3.84. The Morgan fingerprint density at radius 3 is 2.50 bits per heavy atom. The Hall–Kier alpha value is -0.0700. The molecule has 0 rings (SSSR count). The first-order valence-corrected chi connectivity index (χ1v) is 4.01. The van der Waals surface area contributed by atoms with Crippen molar-refractivity contribution in [3.8, 4) is 0 Å². The van der Waals surface area contributed by atoms with Gasteiger partial charge in [0.15, 0.2) is 8.03 Å². The van der Waals surface area contributed by atoms with Crippen molar-refractivity contribution in [1.82, 2.24) is 0 Å². The lowest BCUT2D eigenvalue weighted by Crippen LogP contribution is -1.92. The molecule has 0 aliphatic carbocycles. The number of hydrogen-bond donors (Lipinski definition) is 1. The highest BCUT2D eigenvalue weighted by Crippen LogP contribution is 2.25. The fourth-order valence-electron chi connectivity index (χ4n) is 0.442. The summed E-state index contributed by atoms with van der Waals surface area (Å²) in [7, 11) is -2.34. The van der Waals surface area contributed by atoms with E-state index in [9.17, 15) is 4.57 Å². The first kappa shape index (κ1) is 7.93. The second-order valence-corrected chi connectivity index (χ2v) is 3.01. The summed E-state index contributed by atoms with van der Waals surface area (Å²) in [6, 6.07) is 0. The Bertz CT molecular complexity index is 101. The molecular formula is C5H11O2P. The second-order valence-electron chi connectivity index (χ2n) is 1.59. The molecule has 0 saturated heterocycles. The minimum Gasteiger partial charge on any atom is -0.346 e. The molecule has 0 saturated carbocycles. The molecule has 0 aliphatic rings. The third-order valence-corrected chi connectivity index (χ3v) is 2.32. The van der Waals surface area contributed by atoms with Crippen LogP contribution in [0.1, 0.15) is 13.3 Å². The molecule has 2 nitrogen and oxygen atoms in total. The Labute approximate surface area is 50.1 Å². The van der Waals surface area contributed by atoms with Gasteiger partial charge in [-0.25, -0.2) is 0 Å². The molecule has 0 aromatic rings. The van der Waals surface area contributed by atoms with Crippen LogP contribution in [0.25, 0.3) is 0 Å². The standard InChI is InChI=1S/C5H11O2P/c1-3-5(4-2)8(6)7/h3,5,8H,1,4H2,2H3,(H,6,7). The first-order valence-electron chi connectivity index (χ1n) is 2.57. The van der Waals surface area contributed by atoms with Gasteiger partial charge < -0.3 is 4.89 Å². The van der Waals surface area contributed by atoms with E-state index in [0.717, 1.165) is 0 Å². The summed E-state index contributed by atoms with van der Waals surface area (Å²) in [6.45, 7) is 5.28. The summed E-state index contributed by atoms with van der Waals surface area (Å²) in [5, 5.41) is 0. The summed E-state index contributed by atoms with van der Waals surface area (Å²) in [6.07, 6.45) is 2.24. The quantitative estimate of drug-likeness (QED) is 0.468. The van der Waals surface area contributed by atoms with Crippen molar-refractivity contribution in [2.75, 3.05) is 0 Å². The van der Waals surface area contributed by atoms with Gasteiger partial charge in [0.25, 0.3) is 0 Å². The zero-order valence-electron chi connectivity index (χ0n) is 4.92. The molecule has 0 spiro atoms. The lowest BCUT2D eigenvalue weighted by Gasteiger charge is -2.00. The zero-order chi connectivity index (χ0) is 6.57. The van der Waals surface area contributed by atoms with E-state index in [1.54, 1.807) is 0 Å². The molecule has 1 N–H and O–H groups in total. The van der Waals surface area contributed by atoms with Crippen molar-refractivity contribution in [3.05, 3.63) is 12.7 Å². The summed E-state index contributed by atoms with van der Waals surface area (Å²) < 4.78 is 10.3. The zero-order valence-corrected chi connectivity index (χ0v) is 5.92. The number of hydrogen-bond acceptors (Lipinski definition) is 1. The molecule has 0 fully saturated rings. The highest BCUT2D eigenvalue weighted by molar-refractivity contribution is 7.39. The molecule has 48 valence electrons. The summed E-state index contributed by atoms with van der Waals surface area (Å²) in [5.41, 5.74) is -0.181. The average Bonchev–Trinajstić information content (AvgIpc) is 1.69. The Morgan fingerprint density at radius 1 is 2.00 bits per heavy atom. The van der Waals surface area contributed by atoms with Crippen molar-refractivity contribution < 1.29 is 9.46 Å². The molecule has 0 radical (unpaired) electrons. The van der Waals surface area contributed by atoms with E-state index in [4.69, 9.17) is 4.89 Å². The van der Waals surface area contributed by atoms with Crippen LogP contribution in [0.5, 0.6) is 0 Å². The Morgan fingerprint density at radius 2 is 2.50 bits per heavy atom. The van der Waals surface area contributed by atoms with Crippen LogP contribution in [0.2, 0.25) is 0 Å². The van der Waals surface area contributed by atoms with E-state index < -0.39 is 8.03 Å². The fraction of sp³-hybridized carbons (Fsp3) is 0.600. The van der Waals surface area contributed by atoms with Crippen molar-refractivity contribution in [2.45, 2.75) is 19.0 Å². The smallest absolute Gasteiger partial charge is 0.195 e. The largest absolute Gasteiger partial charge is 0.346 e. The van der Waals surface area contributed by atoms with Gasteiger partial charge in [0.2, 0.25) is 0 Å². The van der Waals surface area contributed by atoms with Crippen molar-refractivity contribution in [3.63, 3.8) is 0 Å². The van der Waals surface area contributed by atoms with E-state index in [2.05, 4.69) is 6.58 Å². The molecule has 0 aromatic heterocycles. The van der Waals surface area contributed by atoms with Crippen LogP contribution in [0, 0.1) is 0 Å². The molecule has 0 aromatic carbocycles. The predicted molar refractivity (Wildman–Crippen MR) is 35.5 cm³/mol. The molecule has 0 bridgehead atoms. The van der Waals surface area contributed by atoms with Gasteiger partial charge in [0.1, 0.15) is 0 Å². The minimum atomic E-state index is -2.34. The normalized spacial score (nSPS) is 17.2. The lowest BCUT2D eigenvalue weighted by atomic mass is 10.3. The Balaban J connectivity index is 3.69. The number of allylic oxidation sites excluding steroid dienone is 1. The van der Waals surface area contributed by atoms with Crippen molar-refractivity contribution in [1.29, 1.82) is 0 Å². The summed E-state index contributed by atoms with van der Waals surface area (Å²) in [5.74, 6) is 0. The summed E-state index contributed by atoms with van der Waals surface area (Å²) >= 11 is 0. The third-order valence-electron chi connectivity index (χ3n) is 1.04.